The number of halogens is 1. The lowest BCUT2D eigenvalue weighted by molar-refractivity contribution is -0.113. The van der Waals surface area contributed by atoms with Gasteiger partial charge in [-0.1, -0.05) is 0 Å². The Morgan fingerprint density at radius 2 is 2.11 bits per heavy atom. The van der Waals surface area contributed by atoms with Gasteiger partial charge in [-0.15, -0.1) is 11.6 Å². The first-order valence-electron chi connectivity index (χ1n) is 5.73. The van der Waals surface area contributed by atoms with Crippen molar-refractivity contribution in [3.05, 3.63) is 29.3 Å². The van der Waals surface area contributed by atoms with Crippen molar-refractivity contribution >= 4 is 29.2 Å². The van der Waals surface area contributed by atoms with Gasteiger partial charge in [0, 0.05) is 5.69 Å². The van der Waals surface area contributed by atoms with Crippen LogP contribution in [-0.2, 0) is 9.53 Å². The van der Waals surface area contributed by atoms with E-state index in [9.17, 15) is 9.59 Å². The normalized spacial score (nSPS) is 14.1. The number of esters is 1. The van der Waals surface area contributed by atoms with Crippen LogP contribution < -0.4 is 5.32 Å². The number of anilines is 1. The molecule has 0 heterocycles. The molecule has 18 heavy (non-hydrogen) atoms. The number of methoxy groups -OCH3 is 1. The Morgan fingerprint density at radius 3 is 2.67 bits per heavy atom. The number of hydrogen-bond donors (Lipinski definition) is 1. The van der Waals surface area contributed by atoms with E-state index in [2.05, 4.69) is 5.32 Å². The Hall–Kier alpha value is -1.55. The van der Waals surface area contributed by atoms with Crippen molar-refractivity contribution in [2.75, 3.05) is 18.3 Å². The number of carbonyl (C=O) groups is 2. The van der Waals surface area contributed by atoms with Crippen LogP contribution in [0, 0.1) is 0 Å². The summed E-state index contributed by atoms with van der Waals surface area (Å²) in [6, 6.07) is 5.30. The molecule has 1 aromatic carbocycles. The minimum atomic E-state index is -0.404. The first kappa shape index (κ1) is 12.9. The maximum atomic E-state index is 11.6. The highest BCUT2D eigenvalue weighted by molar-refractivity contribution is 6.29. The number of nitrogens with one attached hydrogen (secondary N) is 1. The van der Waals surface area contributed by atoms with Gasteiger partial charge in [-0.3, -0.25) is 4.79 Å². The van der Waals surface area contributed by atoms with E-state index >= 15 is 0 Å². The lowest BCUT2D eigenvalue weighted by atomic mass is 10.1. The number of alkyl halides is 1. The zero-order valence-electron chi connectivity index (χ0n) is 10.0. The molecular weight excluding hydrogens is 254 g/mol. The van der Waals surface area contributed by atoms with Gasteiger partial charge in [-0.2, -0.15) is 0 Å². The van der Waals surface area contributed by atoms with E-state index in [1.807, 2.05) is 12.1 Å². The third kappa shape index (κ3) is 3.01. The molecule has 0 aliphatic heterocycles. The summed E-state index contributed by atoms with van der Waals surface area (Å²) >= 11 is 5.44. The van der Waals surface area contributed by atoms with Gasteiger partial charge in [0.15, 0.2) is 0 Å². The van der Waals surface area contributed by atoms with Crippen LogP contribution >= 0.6 is 11.6 Å². The predicted molar refractivity (Wildman–Crippen MR) is 69.1 cm³/mol. The fourth-order valence-corrected chi connectivity index (χ4v) is 1.87. The SMILES string of the molecule is COC(=O)c1cc(NC(=O)CCl)cc(C2CC2)c1. The Bertz CT molecular complexity index is 483. The third-order valence-electron chi connectivity index (χ3n) is 2.83. The molecule has 96 valence electrons. The van der Waals surface area contributed by atoms with Gasteiger partial charge in [0.2, 0.25) is 5.91 Å². The summed E-state index contributed by atoms with van der Waals surface area (Å²) in [5.74, 6) is -0.318. The van der Waals surface area contributed by atoms with E-state index in [4.69, 9.17) is 16.3 Å². The molecule has 0 spiro atoms. The van der Waals surface area contributed by atoms with E-state index in [0.717, 1.165) is 18.4 Å². The number of benzene rings is 1. The smallest absolute Gasteiger partial charge is 0.337 e. The van der Waals surface area contributed by atoms with Crippen LogP contribution in [0.15, 0.2) is 18.2 Å². The van der Waals surface area contributed by atoms with Crippen molar-refractivity contribution in [1.29, 1.82) is 0 Å². The maximum absolute atomic E-state index is 11.6. The molecule has 5 heteroatoms. The molecule has 1 saturated carbocycles. The van der Waals surface area contributed by atoms with Crippen molar-refractivity contribution in [1.82, 2.24) is 0 Å². The molecule has 1 aliphatic carbocycles. The van der Waals surface area contributed by atoms with Gasteiger partial charge in [-0.05, 0) is 42.5 Å². The third-order valence-corrected chi connectivity index (χ3v) is 3.07. The highest BCUT2D eigenvalue weighted by atomic mass is 35.5. The van der Waals surface area contributed by atoms with E-state index < -0.39 is 5.97 Å². The van der Waals surface area contributed by atoms with Crippen LogP contribution in [0.5, 0.6) is 0 Å². The van der Waals surface area contributed by atoms with Crippen molar-refractivity contribution in [2.45, 2.75) is 18.8 Å². The van der Waals surface area contributed by atoms with E-state index in [1.165, 1.54) is 7.11 Å². The molecule has 0 bridgehead atoms. The van der Waals surface area contributed by atoms with Gasteiger partial charge >= 0.3 is 5.97 Å². The van der Waals surface area contributed by atoms with Crippen molar-refractivity contribution in [2.24, 2.45) is 0 Å². The van der Waals surface area contributed by atoms with Crippen LogP contribution in [0.2, 0.25) is 0 Å². The van der Waals surface area contributed by atoms with E-state index in [-0.39, 0.29) is 11.8 Å². The number of amides is 1. The largest absolute Gasteiger partial charge is 0.465 e. The summed E-state index contributed by atoms with van der Waals surface area (Å²) in [5, 5.41) is 2.66. The lowest BCUT2D eigenvalue weighted by Gasteiger charge is -2.09. The number of carbonyl (C=O) groups excluding carboxylic acids is 2. The summed E-state index contributed by atoms with van der Waals surface area (Å²) in [4.78, 5) is 22.8. The van der Waals surface area contributed by atoms with Crippen molar-refractivity contribution in [3.63, 3.8) is 0 Å². The number of ether oxygens (including phenoxy) is 1. The fraction of sp³-hybridized carbons (Fsp3) is 0.385. The van der Waals surface area contributed by atoms with Crippen molar-refractivity contribution in [3.8, 4) is 0 Å². The number of hydrogen-bond acceptors (Lipinski definition) is 3. The molecule has 2 rings (SSSR count). The molecule has 1 fully saturated rings. The quantitative estimate of drug-likeness (QED) is 0.674. The Labute approximate surface area is 110 Å². The zero-order chi connectivity index (χ0) is 13.1. The summed E-state index contributed by atoms with van der Waals surface area (Å²) in [5.41, 5.74) is 2.10. The minimum absolute atomic E-state index is 0.110. The molecule has 1 N–H and O–H groups in total. The molecule has 1 aliphatic rings. The first-order valence-corrected chi connectivity index (χ1v) is 6.26. The van der Waals surface area contributed by atoms with E-state index in [1.54, 1.807) is 6.07 Å². The highest BCUT2D eigenvalue weighted by Crippen LogP contribution is 2.41. The number of rotatable bonds is 4. The van der Waals surface area contributed by atoms with Crippen LogP contribution in [0.4, 0.5) is 5.69 Å². The van der Waals surface area contributed by atoms with Gasteiger partial charge in [0.05, 0.1) is 12.7 Å². The lowest BCUT2D eigenvalue weighted by Crippen LogP contribution is -2.13. The first-order chi connectivity index (χ1) is 8.63. The van der Waals surface area contributed by atoms with Crippen LogP contribution in [0.25, 0.3) is 0 Å². The standard InChI is InChI=1S/C13H14ClNO3/c1-18-13(17)10-4-9(8-2-3-8)5-11(6-10)15-12(16)7-14/h4-6,8H,2-3,7H2,1H3,(H,15,16). The topological polar surface area (TPSA) is 55.4 Å². The summed E-state index contributed by atoms with van der Waals surface area (Å²) in [6.07, 6.45) is 2.24. The van der Waals surface area contributed by atoms with Crippen molar-refractivity contribution < 1.29 is 14.3 Å². The molecule has 0 radical (unpaired) electrons. The van der Waals surface area contributed by atoms with E-state index in [0.29, 0.717) is 17.2 Å². The van der Waals surface area contributed by atoms with Crippen LogP contribution in [0.1, 0.15) is 34.7 Å². The second-order valence-corrected chi connectivity index (χ2v) is 4.56. The molecule has 1 amide bonds. The monoisotopic (exact) mass is 267 g/mol. The Morgan fingerprint density at radius 1 is 1.39 bits per heavy atom. The van der Waals surface area contributed by atoms with Gasteiger partial charge < -0.3 is 10.1 Å². The average molecular weight is 268 g/mol. The summed E-state index contributed by atoms with van der Waals surface area (Å²) < 4.78 is 4.70. The molecule has 1 aromatic rings. The summed E-state index contributed by atoms with van der Waals surface area (Å²) in [6.45, 7) is 0. The Balaban J connectivity index is 2.30. The molecule has 0 unspecified atom stereocenters. The predicted octanol–water partition coefficient (Wildman–Crippen LogP) is 2.53. The second-order valence-electron chi connectivity index (χ2n) is 4.29. The van der Waals surface area contributed by atoms with Crippen LogP contribution in [0.3, 0.4) is 0 Å². The second kappa shape index (κ2) is 5.40. The van der Waals surface area contributed by atoms with Gasteiger partial charge in [0.1, 0.15) is 5.88 Å². The molecule has 0 saturated heterocycles. The highest BCUT2D eigenvalue weighted by Gasteiger charge is 2.25. The molecular formula is C13H14ClNO3. The maximum Gasteiger partial charge on any atom is 0.337 e. The minimum Gasteiger partial charge on any atom is -0.465 e. The van der Waals surface area contributed by atoms with Gasteiger partial charge in [-0.25, -0.2) is 4.79 Å². The zero-order valence-corrected chi connectivity index (χ0v) is 10.8. The molecule has 4 nitrogen and oxygen atoms in total. The average Bonchev–Trinajstić information content (AvgIpc) is 3.21. The van der Waals surface area contributed by atoms with Crippen LogP contribution in [-0.4, -0.2) is 24.9 Å². The molecule has 0 atom stereocenters. The molecule has 0 aromatic heterocycles. The fourth-order valence-electron chi connectivity index (χ4n) is 1.81. The van der Waals surface area contributed by atoms with Gasteiger partial charge in [0.25, 0.3) is 0 Å². The summed E-state index contributed by atoms with van der Waals surface area (Å²) in [7, 11) is 1.34. The Kier molecular flexibility index (Phi) is 3.87.